The summed E-state index contributed by atoms with van der Waals surface area (Å²) in [6.07, 6.45) is 4.71. The Kier molecular flexibility index (Phi) is 5.70. The SMILES string of the molecule is C=CCN1CC[C@]23c4c5ccc(O)c4OC2C(N(C)C(=O)CCc2cccc(C)c2)CC(C)[C@@]3(O)[C@H]1C5. The van der Waals surface area contributed by atoms with Gasteiger partial charge in [-0.05, 0) is 62.3 Å². The molecule has 2 heterocycles. The molecule has 6 rings (SSSR count). The van der Waals surface area contributed by atoms with E-state index in [1.807, 2.05) is 30.2 Å². The number of carbonyl (C=O) groups is 1. The highest BCUT2D eigenvalue weighted by Gasteiger charge is 2.75. The number of aromatic hydroxyl groups is 1. The third-order valence-corrected chi connectivity index (χ3v) is 9.93. The summed E-state index contributed by atoms with van der Waals surface area (Å²) >= 11 is 0. The van der Waals surface area contributed by atoms with Crippen LogP contribution in [0.15, 0.2) is 49.1 Å². The predicted molar refractivity (Wildman–Crippen MR) is 143 cm³/mol. The lowest BCUT2D eigenvalue weighted by atomic mass is 9.45. The number of aliphatic hydroxyl groups is 1. The maximum Gasteiger partial charge on any atom is 0.223 e. The molecule has 1 spiro atoms. The lowest BCUT2D eigenvalue weighted by Gasteiger charge is -2.66. The number of phenolic OH excluding ortho intramolecular Hbond substituents is 1. The average Bonchev–Trinajstić information content (AvgIpc) is 3.23. The van der Waals surface area contributed by atoms with Crippen LogP contribution in [0.2, 0.25) is 0 Å². The second-order valence-electron chi connectivity index (χ2n) is 11.7. The normalized spacial score (nSPS) is 33.4. The summed E-state index contributed by atoms with van der Waals surface area (Å²) in [5.41, 5.74) is 2.79. The first-order valence-corrected chi connectivity index (χ1v) is 13.6. The van der Waals surface area contributed by atoms with Gasteiger partial charge in [-0.15, -0.1) is 6.58 Å². The number of likely N-dealkylation sites (N-methyl/N-ethyl adjacent to an activating group) is 1. The molecule has 3 unspecified atom stereocenters. The molecule has 2 aromatic rings. The molecule has 0 radical (unpaired) electrons. The molecule has 2 aliphatic heterocycles. The molecule has 2 bridgehead atoms. The fourth-order valence-electron chi connectivity index (χ4n) is 8.27. The fourth-order valence-corrected chi connectivity index (χ4v) is 8.27. The molecule has 6 atom stereocenters. The summed E-state index contributed by atoms with van der Waals surface area (Å²) in [4.78, 5) is 17.8. The largest absolute Gasteiger partial charge is 0.504 e. The summed E-state index contributed by atoms with van der Waals surface area (Å²) in [5, 5.41) is 23.6. The number of ether oxygens (including phenoxy) is 1. The lowest BCUT2D eigenvalue weighted by Crippen LogP contribution is -2.80. The van der Waals surface area contributed by atoms with Gasteiger partial charge in [-0.3, -0.25) is 9.69 Å². The maximum atomic E-state index is 13.5. The number of nitrogens with zero attached hydrogens (tertiary/aromatic N) is 2. The molecule has 2 N–H and O–H groups in total. The number of hydrogen-bond donors (Lipinski definition) is 2. The van der Waals surface area contributed by atoms with Gasteiger partial charge in [0.15, 0.2) is 11.5 Å². The minimum absolute atomic E-state index is 0.0524. The van der Waals surface area contributed by atoms with Gasteiger partial charge in [0.05, 0.1) is 17.1 Å². The minimum Gasteiger partial charge on any atom is -0.504 e. The maximum absolute atomic E-state index is 13.5. The highest BCUT2D eigenvalue weighted by molar-refractivity contribution is 5.77. The molecule has 1 amide bonds. The van der Waals surface area contributed by atoms with E-state index in [0.29, 0.717) is 37.9 Å². The molecule has 6 heteroatoms. The Hall–Kier alpha value is -2.83. The average molecular weight is 503 g/mol. The summed E-state index contributed by atoms with van der Waals surface area (Å²) in [5.74, 6) is 0.664. The molecule has 2 aliphatic carbocycles. The van der Waals surface area contributed by atoms with Crippen LogP contribution in [-0.2, 0) is 23.1 Å². The molecule has 2 aromatic carbocycles. The van der Waals surface area contributed by atoms with E-state index >= 15 is 0 Å². The topological polar surface area (TPSA) is 73.2 Å². The summed E-state index contributed by atoms with van der Waals surface area (Å²) in [7, 11) is 1.89. The zero-order chi connectivity index (χ0) is 26.1. The van der Waals surface area contributed by atoms with E-state index in [1.165, 1.54) is 5.56 Å². The van der Waals surface area contributed by atoms with Crippen LogP contribution >= 0.6 is 0 Å². The smallest absolute Gasteiger partial charge is 0.223 e. The molecule has 4 aliphatic rings. The molecule has 196 valence electrons. The Bertz CT molecular complexity index is 1260. The van der Waals surface area contributed by atoms with E-state index in [9.17, 15) is 15.0 Å². The van der Waals surface area contributed by atoms with Crippen LogP contribution in [0.1, 0.15) is 48.4 Å². The van der Waals surface area contributed by atoms with Crippen molar-refractivity contribution in [3.05, 3.63) is 71.3 Å². The quantitative estimate of drug-likeness (QED) is 0.589. The van der Waals surface area contributed by atoms with Crippen molar-refractivity contribution in [1.29, 1.82) is 0 Å². The monoisotopic (exact) mass is 502 g/mol. The van der Waals surface area contributed by atoms with Gasteiger partial charge in [-0.2, -0.15) is 0 Å². The number of hydrogen-bond acceptors (Lipinski definition) is 5. The Morgan fingerprint density at radius 2 is 2.14 bits per heavy atom. The molecule has 2 fully saturated rings. The van der Waals surface area contributed by atoms with Gasteiger partial charge in [-0.1, -0.05) is 48.9 Å². The van der Waals surface area contributed by atoms with Crippen LogP contribution in [0, 0.1) is 12.8 Å². The van der Waals surface area contributed by atoms with Crippen molar-refractivity contribution in [3.8, 4) is 11.5 Å². The van der Waals surface area contributed by atoms with Gasteiger partial charge in [-0.25, -0.2) is 0 Å². The molecular weight excluding hydrogens is 464 g/mol. The number of likely N-dealkylation sites (tertiary alicyclic amines) is 1. The molecular formula is C31H38N2O4. The van der Waals surface area contributed by atoms with Gasteiger partial charge >= 0.3 is 0 Å². The highest BCUT2D eigenvalue weighted by Crippen LogP contribution is 2.67. The van der Waals surface area contributed by atoms with E-state index in [1.54, 1.807) is 6.07 Å². The molecule has 1 saturated carbocycles. The lowest BCUT2D eigenvalue weighted by molar-refractivity contribution is -0.223. The van der Waals surface area contributed by atoms with Crippen LogP contribution < -0.4 is 4.74 Å². The minimum atomic E-state index is -1.02. The number of carbonyl (C=O) groups excluding carboxylic acids is 1. The van der Waals surface area contributed by atoms with E-state index in [0.717, 1.165) is 29.8 Å². The van der Waals surface area contributed by atoms with Crippen molar-refractivity contribution in [1.82, 2.24) is 9.80 Å². The van der Waals surface area contributed by atoms with Crippen LogP contribution in [0.5, 0.6) is 11.5 Å². The Balaban J connectivity index is 1.37. The predicted octanol–water partition coefficient (Wildman–Crippen LogP) is 3.75. The van der Waals surface area contributed by atoms with Crippen molar-refractivity contribution >= 4 is 5.91 Å². The van der Waals surface area contributed by atoms with Crippen LogP contribution in [0.4, 0.5) is 0 Å². The number of rotatable bonds is 6. The van der Waals surface area contributed by atoms with Gasteiger partial charge in [0.1, 0.15) is 6.10 Å². The first-order chi connectivity index (χ1) is 17.7. The number of benzene rings is 2. The van der Waals surface area contributed by atoms with Gasteiger partial charge < -0.3 is 19.8 Å². The first kappa shape index (κ1) is 24.5. The Morgan fingerprint density at radius 1 is 1.32 bits per heavy atom. The van der Waals surface area contributed by atoms with Crippen LogP contribution in [0.3, 0.4) is 0 Å². The standard InChI is InChI=1S/C31H38N2O4/c1-5-14-33-15-13-30-27-22-10-11-24(34)28(27)37-29(30)23(17-20(3)31(30,36)25(33)18-22)32(4)26(35)12-9-21-8-6-7-19(2)16-21/h5-8,10-11,16,20,23,25,29,34,36H,1,9,12-15,17-18H2,2-4H3/t20?,23?,25-,29?,30+,31-/m1/s1. The molecule has 1 saturated heterocycles. The molecule has 0 aromatic heterocycles. The van der Waals surface area contributed by atoms with Crippen molar-refractivity contribution in [2.75, 3.05) is 20.1 Å². The number of aryl methyl sites for hydroxylation is 2. The van der Waals surface area contributed by atoms with Gasteiger partial charge in [0.25, 0.3) is 0 Å². The van der Waals surface area contributed by atoms with E-state index in [2.05, 4.69) is 43.5 Å². The second-order valence-corrected chi connectivity index (χ2v) is 11.7. The van der Waals surface area contributed by atoms with E-state index in [4.69, 9.17) is 4.74 Å². The van der Waals surface area contributed by atoms with Gasteiger partial charge in [0.2, 0.25) is 5.91 Å². The van der Waals surface area contributed by atoms with Crippen LogP contribution in [-0.4, -0.2) is 69.8 Å². The van der Waals surface area contributed by atoms with Crippen molar-refractivity contribution in [3.63, 3.8) is 0 Å². The van der Waals surface area contributed by atoms with Crippen molar-refractivity contribution in [2.45, 2.75) is 75.2 Å². The number of phenols is 1. The Labute approximate surface area is 219 Å². The first-order valence-electron chi connectivity index (χ1n) is 13.6. The van der Waals surface area contributed by atoms with Crippen molar-refractivity contribution < 1.29 is 19.7 Å². The molecule has 6 nitrogen and oxygen atoms in total. The summed E-state index contributed by atoms with van der Waals surface area (Å²) < 4.78 is 6.64. The van der Waals surface area contributed by atoms with E-state index < -0.39 is 17.1 Å². The van der Waals surface area contributed by atoms with Crippen molar-refractivity contribution in [2.24, 2.45) is 5.92 Å². The summed E-state index contributed by atoms with van der Waals surface area (Å²) in [6, 6.07) is 11.8. The fraction of sp³-hybridized carbons (Fsp3) is 0.516. The van der Waals surface area contributed by atoms with E-state index in [-0.39, 0.29) is 29.7 Å². The van der Waals surface area contributed by atoms with Crippen LogP contribution in [0.25, 0.3) is 0 Å². The van der Waals surface area contributed by atoms with Gasteiger partial charge in [0, 0.05) is 31.6 Å². The Morgan fingerprint density at radius 3 is 2.89 bits per heavy atom. The third-order valence-electron chi connectivity index (χ3n) is 9.93. The number of piperidine rings is 1. The second kappa shape index (κ2) is 8.60. The zero-order valence-corrected chi connectivity index (χ0v) is 22.1. The number of amides is 1. The highest BCUT2D eigenvalue weighted by atomic mass is 16.5. The zero-order valence-electron chi connectivity index (χ0n) is 22.1. The third kappa shape index (κ3) is 3.28. The molecule has 37 heavy (non-hydrogen) atoms. The summed E-state index contributed by atoms with van der Waals surface area (Å²) in [6.45, 7) is 9.70.